The van der Waals surface area contributed by atoms with E-state index >= 15 is 0 Å². The third-order valence-corrected chi connectivity index (χ3v) is 4.07. The third-order valence-electron chi connectivity index (χ3n) is 3.78. The van der Waals surface area contributed by atoms with Crippen LogP contribution in [0.15, 0.2) is 24.3 Å². The highest BCUT2D eigenvalue weighted by Gasteiger charge is 2.22. The summed E-state index contributed by atoms with van der Waals surface area (Å²) in [6.45, 7) is 1.55. The van der Waals surface area contributed by atoms with Gasteiger partial charge in [0.25, 0.3) is 0 Å². The summed E-state index contributed by atoms with van der Waals surface area (Å²) in [6.07, 6.45) is 4.25. The molecular weight excluding hydrogens is 335 g/mol. The van der Waals surface area contributed by atoms with Gasteiger partial charge in [-0.2, -0.15) is 0 Å². The number of benzene rings is 1. The molecule has 0 unspecified atom stereocenters. The number of aldehydes is 1. The number of nitrogens with zero attached hydrogens (tertiary/aromatic N) is 2. The molecule has 5 nitrogen and oxygen atoms in total. The smallest absolute Gasteiger partial charge is 0.246 e. The van der Waals surface area contributed by atoms with Crippen LogP contribution in [0.4, 0.5) is 4.39 Å². The Labute approximate surface area is 144 Å². The second kappa shape index (κ2) is 8.59. The fourth-order valence-corrected chi connectivity index (χ4v) is 2.61. The van der Waals surface area contributed by atoms with Crippen LogP contribution in [0.1, 0.15) is 18.4 Å². The lowest BCUT2D eigenvalue weighted by Crippen LogP contribution is -2.35. The Morgan fingerprint density at radius 1 is 1.29 bits per heavy atom. The molecule has 1 fully saturated rings. The fraction of sp³-hybridized carbons (Fsp3) is 0.353. The van der Waals surface area contributed by atoms with Crippen molar-refractivity contribution < 1.29 is 18.8 Å². The minimum absolute atomic E-state index is 0.00390. The van der Waals surface area contributed by atoms with Crippen molar-refractivity contribution in [3.05, 3.63) is 40.7 Å². The van der Waals surface area contributed by atoms with E-state index in [-0.39, 0.29) is 23.3 Å². The van der Waals surface area contributed by atoms with Gasteiger partial charge in [0.2, 0.25) is 11.8 Å². The first-order chi connectivity index (χ1) is 11.5. The van der Waals surface area contributed by atoms with Gasteiger partial charge in [-0.25, -0.2) is 4.39 Å². The number of hydrogen-bond acceptors (Lipinski definition) is 3. The van der Waals surface area contributed by atoms with Crippen LogP contribution in [0, 0.1) is 5.82 Å². The maximum atomic E-state index is 13.1. The van der Waals surface area contributed by atoms with Gasteiger partial charge in [-0.1, -0.05) is 17.7 Å². The largest absolute Gasteiger partial charge is 0.340 e. The van der Waals surface area contributed by atoms with E-state index in [0.29, 0.717) is 38.2 Å². The molecule has 1 heterocycles. The molecule has 0 aliphatic carbocycles. The zero-order valence-electron chi connectivity index (χ0n) is 13.1. The van der Waals surface area contributed by atoms with Crippen molar-refractivity contribution >= 4 is 35.8 Å². The maximum absolute atomic E-state index is 13.1. The molecule has 1 aromatic carbocycles. The summed E-state index contributed by atoms with van der Waals surface area (Å²) >= 11 is 5.70. The Hall–Kier alpha value is -2.21. The molecule has 2 amide bonds. The summed E-state index contributed by atoms with van der Waals surface area (Å²) in [5, 5.41) is -0.00390. The lowest BCUT2D eigenvalue weighted by Gasteiger charge is -2.20. The Morgan fingerprint density at radius 2 is 2.08 bits per heavy atom. The molecule has 7 heteroatoms. The van der Waals surface area contributed by atoms with Gasteiger partial charge in [0, 0.05) is 45.1 Å². The van der Waals surface area contributed by atoms with Crippen LogP contribution in [0.5, 0.6) is 0 Å². The molecule has 1 aliphatic heterocycles. The number of carbonyl (C=O) groups excluding carboxylic acids is 3. The van der Waals surface area contributed by atoms with E-state index in [4.69, 9.17) is 11.6 Å². The number of hydrogen-bond donors (Lipinski definition) is 0. The fourth-order valence-electron chi connectivity index (χ4n) is 2.42. The molecular formula is C17H18ClFN2O3. The van der Waals surface area contributed by atoms with Gasteiger partial charge in [0.15, 0.2) is 0 Å². The summed E-state index contributed by atoms with van der Waals surface area (Å²) in [7, 11) is 0. The van der Waals surface area contributed by atoms with E-state index < -0.39 is 5.82 Å². The molecule has 0 N–H and O–H groups in total. The van der Waals surface area contributed by atoms with Crippen molar-refractivity contribution in [2.24, 2.45) is 0 Å². The number of halogens is 2. The summed E-state index contributed by atoms with van der Waals surface area (Å²) in [5.41, 5.74) is 0.619. The van der Waals surface area contributed by atoms with E-state index in [2.05, 4.69) is 0 Å². The molecule has 1 aromatic rings. The zero-order chi connectivity index (χ0) is 17.5. The van der Waals surface area contributed by atoms with E-state index in [0.717, 1.165) is 6.29 Å². The summed E-state index contributed by atoms with van der Waals surface area (Å²) in [5.74, 6) is -0.788. The molecule has 0 radical (unpaired) electrons. The van der Waals surface area contributed by atoms with Gasteiger partial charge in [-0.15, -0.1) is 0 Å². The van der Waals surface area contributed by atoms with Crippen LogP contribution in [0.25, 0.3) is 6.08 Å². The average molecular weight is 353 g/mol. The Morgan fingerprint density at radius 3 is 2.79 bits per heavy atom. The number of carbonyl (C=O) groups is 3. The molecule has 24 heavy (non-hydrogen) atoms. The molecule has 2 rings (SSSR count). The Bertz CT molecular complexity index is 663. The standard InChI is InChI=1S/C17H18ClFN2O3/c18-14-12-13(2-4-15(14)19)3-5-16(23)21-8-6-17(24)20(9-10-21)7-1-11-22/h2-5,11-12H,1,6-10H2. The summed E-state index contributed by atoms with van der Waals surface area (Å²) in [4.78, 5) is 37.8. The van der Waals surface area contributed by atoms with Crippen LogP contribution in [0.3, 0.4) is 0 Å². The first-order valence-electron chi connectivity index (χ1n) is 7.64. The van der Waals surface area contributed by atoms with Crippen molar-refractivity contribution in [3.8, 4) is 0 Å². The second-order valence-corrected chi connectivity index (χ2v) is 5.83. The van der Waals surface area contributed by atoms with Gasteiger partial charge >= 0.3 is 0 Å². The number of rotatable bonds is 5. The van der Waals surface area contributed by atoms with E-state index in [1.54, 1.807) is 15.9 Å². The van der Waals surface area contributed by atoms with Gasteiger partial charge in [0.05, 0.1) is 5.02 Å². The first-order valence-corrected chi connectivity index (χ1v) is 8.02. The Balaban J connectivity index is 1.96. The molecule has 128 valence electrons. The maximum Gasteiger partial charge on any atom is 0.246 e. The van der Waals surface area contributed by atoms with E-state index in [9.17, 15) is 18.8 Å². The molecule has 0 aromatic heterocycles. The number of amides is 2. The van der Waals surface area contributed by atoms with Crippen LogP contribution in [0.2, 0.25) is 5.02 Å². The van der Waals surface area contributed by atoms with Crippen LogP contribution in [-0.4, -0.2) is 54.1 Å². The lowest BCUT2D eigenvalue weighted by atomic mass is 10.2. The Kier molecular flexibility index (Phi) is 6.49. The van der Waals surface area contributed by atoms with E-state index in [1.807, 2.05) is 0 Å². The lowest BCUT2D eigenvalue weighted by molar-refractivity contribution is -0.130. The molecule has 0 bridgehead atoms. The van der Waals surface area contributed by atoms with Crippen molar-refractivity contribution in [3.63, 3.8) is 0 Å². The van der Waals surface area contributed by atoms with Crippen molar-refractivity contribution in [2.75, 3.05) is 26.2 Å². The van der Waals surface area contributed by atoms with Crippen molar-refractivity contribution in [1.82, 2.24) is 9.80 Å². The molecule has 1 saturated heterocycles. The van der Waals surface area contributed by atoms with Crippen molar-refractivity contribution in [1.29, 1.82) is 0 Å². The average Bonchev–Trinajstić information content (AvgIpc) is 2.75. The SMILES string of the molecule is O=CCCN1CCN(C(=O)C=Cc2ccc(F)c(Cl)c2)CCC1=O. The first kappa shape index (κ1) is 18.1. The second-order valence-electron chi connectivity index (χ2n) is 5.42. The van der Waals surface area contributed by atoms with Gasteiger partial charge < -0.3 is 14.6 Å². The third kappa shape index (κ3) is 4.89. The minimum atomic E-state index is -0.512. The predicted octanol–water partition coefficient (Wildman–Crippen LogP) is 2.14. The quantitative estimate of drug-likeness (QED) is 0.602. The van der Waals surface area contributed by atoms with Crippen molar-refractivity contribution in [2.45, 2.75) is 12.8 Å². The highest BCUT2D eigenvalue weighted by molar-refractivity contribution is 6.30. The molecule has 0 spiro atoms. The topological polar surface area (TPSA) is 57.7 Å². The summed E-state index contributed by atoms with van der Waals surface area (Å²) < 4.78 is 13.1. The molecule has 0 saturated carbocycles. The highest BCUT2D eigenvalue weighted by Crippen LogP contribution is 2.17. The van der Waals surface area contributed by atoms with Crippen LogP contribution in [-0.2, 0) is 14.4 Å². The predicted molar refractivity (Wildman–Crippen MR) is 88.9 cm³/mol. The monoisotopic (exact) mass is 352 g/mol. The minimum Gasteiger partial charge on any atom is -0.340 e. The van der Waals surface area contributed by atoms with Gasteiger partial charge in [0.1, 0.15) is 12.1 Å². The van der Waals surface area contributed by atoms with Gasteiger partial charge in [-0.05, 0) is 23.8 Å². The van der Waals surface area contributed by atoms with Gasteiger partial charge in [-0.3, -0.25) is 9.59 Å². The normalized spacial score (nSPS) is 15.7. The van der Waals surface area contributed by atoms with Crippen LogP contribution < -0.4 is 0 Å². The molecule has 1 aliphatic rings. The molecule has 0 atom stereocenters. The van der Waals surface area contributed by atoms with E-state index in [1.165, 1.54) is 24.3 Å². The van der Waals surface area contributed by atoms with Crippen LogP contribution >= 0.6 is 11.6 Å². The summed E-state index contributed by atoms with van der Waals surface area (Å²) in [6, 6.07) is 4.20. The highest BCUT2D eigenvalue weighted by atomic mass is 35.5. The zero-order valence-corrected chi connectivity index (χ0v) is 13.8.